The number of nitrogens with one attached hydrogen (secondary N) is 1. The van der Waals surface area contributed by atoms with Gasteiger partial charge in [0.05, 0.1) is 0 Å². The van der Waals surface area contributed by atoms with Crippen LogP contribution >= 0.6 is 0 Å². The monoisotopic (exact) mass is 232 g/mol. The van der Waals surface area contributed by atoms with Crippen LogP contribution in [-0.2, 0) is 0 Å². The molecule has 0 spiro atoms. The Labute approximate surface area is 102 Å². The zero-order valence-corrected chi connectivity index (χ0v) is 9.93. The topological polar surface area (TPSA) is 47.4 Å². The highest BCUT2D eigenvalue weighted by Crippen LogP contribution is 2.08. The molecule has 1 saturated heterocycles. The lowest BCUT2D eigenvalue weighted by Gasteiger charge is -2.34. The average molecular weight is 232 g/mol. The Morgan fingerprint density at radius 3 is 2.35 bits per heavy atom. The van der Waals surface area contributed by atoms with E-state index in [1.54, 1.807) is 0 Å². The Kier molecular flexibility index (Phi) is 4.12. The van der Waals surface area contributed by atoms with Gasteiger partial charge in [-0.05, 0) is 12.1 Å². The zero-order valence-electron chi connectivity index (χ0n) is 9.93. The van der Waals surface area contributed by atoms with Crippen LogP contribution in [0, 0.1) is 0 Å². The minimum absolute atomic E-state index is 0.121. The van der Waals surface area contributed by atoms with E-state index in [1.165, 1.54) is 0 Å². The lowest BCUT2D eigenvalue weighted by molar-refractivity contribution is 0.0640. The van der Waals surface area contributed by atoms with E-state index in [4.69, 9.17) is 5.73 Å². The predicted octanol–water partition coefficient (Wildman–Crippen LogP) is 0.727. The van der Waals surface area contributed by atoms with Gasteiger partial charge in [-0.2, -0.15) is 0 Å². The Balaban J connectivity index is 1.91. The van der Waals surface area contributed by atoms with Crippen LogP contribution in [0.3, 0.4) is 0 Å². The summed E-state index contributed by atoms with van der Waals surface area (Å²) in [6.07, 6.45) is 0. The average Bonchev–Trinajstić information content (AvgIpc) is 2.40. The number of piperazine rings is 1. The molecule has 0 atom stereocenters. The van der Waals surface area contributed by atoms with Crippen LogP contribution in [0.2, 0.25) is 0 Å². The van der Waals surface area contributed by atoms with Crippen LogP contribution in [0.1, 0.15) is 10.4 Å². The molecule has 1 aromatic carbocycles. The molecule has 0 aliphatic carbocycles. The summed E-state index contributed by atoms with van der Waals surface area (Å²) in [4.78, 5) is 16.3. The van der Waals surface area contributed by atoms with E-state index in [1.807, 2.05) is 35.2 Å². The SMILES string of the molecule is [NH]CCN1CCN(C(=O)c2ccccc2)CC1. The van der Waals surface area contributed by atoms with Crippen molar-refractivity contribution in [2.75, 3.05) is 39.3 Å². The first-order valence-electron chi connectivity index (χ1n) is 6.02. The van der Waals surface area contributed by atoms with Gasteiger partial charge in [0.2, 0.25) is 0 Å². The summed E-state index contributed by atoms with van der Waals surface area (Å²) in [5.41, 5.74) is 7.95. The molecular weight excluding hydrogens is 214 g/mol. The number of nitrogens with zero attached hydrogens (tertiary/aromatic N) is 2. The first-order chi connectivity index (χ1) is 8.31. The third-order valence-corrected chi connectivity index (χ3v) is 3.11. The molecular formula is C13H18N3O. The molecule has 2 rings (SSSR count). The molecule has 4 nitrogen and oxygen atoms in total. The van der Waals surface area contributed by atoms with Crippen molar-refractivity contribution >= 4 is 5.91 Å². The molecule has 1 amide bonds. The molecule has 1 fully saturated rings. The molecule has 1 N–H and O–H groups in total. The highest BCUT2D eigenvalue weighted by molar-refractivity contribution is 5.94. The molecule has 1 heterocycles. The summed E-state index contributed by atoms with van der Waals surface area (Å²) in [5.74, 6) is 0.121. The van der Waals surface area contributed by atoms with Crippen molar-refractivity contribution in [3.8, 4) is 0 Å². The van der Waals surface area contributed by atoms with E-state index in [0.717, 1.165) is 38.3 Å². The highest BCUT2D eigenvalue weighted by atomic mass is 16.2. The standard InChI is InChI=1S/C13H18N3O/c14-6-7-15-8-10-16(11-9-15)13(17)12-4-2-1-3-5-12/h1-5,14H,6-11H2. The van der Waals surface area contributed by atoms with Crippen LogP contribution < -0.4 is 5.73 Å². The summed E-state index contributed by atoms with van der Waals surface area (Å²) >= 11 is 0. The lowest BCUT2D eigenvalue weighted by atomic mass is 10.2. The molecule has 0 saturated carbocycles. The number of carbonyl (C=O) groups is 1. The fourth-order valence-electron chi connectivity index (χ4n) is 2.10. The predicted molar refractivity (Wildman–Crippen MR) is 66.7 cm³/mol. The second-order valence-corrected chi connectivity index (χ2v) is 4.25. The molecule has 1 aromatic rings. The Bertz CT molecular complexity index is 358. The fraction of sp³-hybridized carbons (Fsp3) is 0.462. The minimum atomic E-state index is 0.121. The summed E-state index contributed by atoms with van der Waals surface area (Å²) in [5, 5.41) is 0. The second kappa shape index (κ2) is 5.80. The Morgan fingerprint density at radius 1 is 1.12 bits per heavy atom. The van der Waals surface area contributed by atoms with Crippen molar-refractivity contribution in [1.29, 1.82) is 0 Å². The summed E-state index contributed by atoms with van der Waals surface area (Å²) in [7, 11) is 0. The maximum atomic E-state index is 12.1. The van der Waals surface area contributed by atoms with Crippen LogP contribution in [0.5, 0.6) is 0 Å². The van der Waals surface area contributed by atoms with Crippen LogP contribution in [-0.4, -0.2) is 55.0 Å². The quantitative estimate of drug-likeness (QED) is 0.771. The van der Waals surface area contributed by atoms with Crippen molar-refractivity contribution in [2.24, 2.45) is 0 Å². The summed E-state index contributed by atoms with van der Waals surface area (Å²) < 4.78 is 0. The molecule has 1 aliphatic heterocycles. The Morgan fingerprint density at radius 2 is 1.76 bits per heavy atom. The van der Waals surface area contributed by atoms with Crippen LogP contribution in [0.15, 0.2) is 30.3 Å². The first-order valence-corrected chi connectivity index (χ1v) is 6.02. The molecule has 4 heteroatoms. The van der Waals surface area contributed by atoms with Gasteiger partial charge >= 0.3 is 0 Å². The molecule has 91 valence electrons. The van der Waals surface area contributed by atoms with Gasteiger partial charge in [0.1, 0.15) is 0 Å². The van der Waals surface area contributed by atoms with Crippen molar-refractivity contribution in [3.05, 3.63) is 35.9 Å². The second-order valence-electron chi connectivity index (χ2n) is 4.25. The number of carbonyl (C=O) groups excluding carboxylic acids is 1. The van der Waals surface area contributed by atoms with Crippen molar-refractivity contribution in [2.45, 2.75) is 0 Å². The van der Waals surface area contributed by atoms with Gasteiger partial charge < -0.3 is 4.90 Å². The number of hydrogen-bond donors (Lipinski definition) is 0. The van der Waals surface area contributed by atoms with Crippen molar-refractivity contribution < 1.29 is 4.79 Å². The van der Waals surface area contributed by atoms with E-state index in [2.05, 4.69) is 4.90 Å². The van der Waals surface area contributed by atoms with E-state index in [0.29, 0.717) is 6.54 Å². The zero-order chi connectivity index (χ0) is 12.1. The molecule has 0 unspecified atom stereocenters. The fourth-order valence-corrected chi connectivity index (χ4v) is 2.10. The number of amides is 1. The van der Waals surface area contributed by atoms with Gasteiger partial charge in [0.15, 0.2) is 0 Å². The van der Waals surface area contributed by atoms with Gasteiger partial charge in [0.25, 0.3) is 5.91 Å². The van der Waals surface area contributed by atoms with Gasteiger partial charge in [0, 0.05) is 44.8 Å². The van der Waals surface area contributed by atoms with Gasteiger partial charge in [-0.1, -0.05) is 18.2 Å². The van der Waals surface area contributed by atoms with E-state index < -0.39 is 0 Å². The van der Waals surface area contributed by atoms with E-state index in [9.17, 15) is 4.79 Å². The molecule has 17 heavy (non-hydrogen) atoms. The normalized spacial score (nSPS) is 17.1. The molecule has 1 radical (unpaired) electrons. The number of benzene rings is 1. The van der Waals surface area contributed by atoms with E-state index >= 15 is 0 Å². The highest BCUT2D eigenvalue weighted by Gasteiger charge is 2.21. The van der Waals surface area contributed by atoms with Gasteiger partial charge in [-0.15, -0.1) is 0 Å². The maximum absolute atomic E-state index is 12.1. The number of rotatable bonds is 3. The van der Waals surface area contributed by atoms with Crippen molar-refractivity contribution in [1.82, 2.24) is 15.5 Å². The van der Waals surface area contributed by atoms with Crippen molar-refractivity contribution in [3.63, 3.8) is 0 Å². The first kappa shape index (κ1) is 12.1. The number of hydrogen-bond acceptors (Lipinski definition) is 2. The molecule has 1 aliphatic rings. The van der Waals surface area contributed by atoms with Gasteiger partial charge in [-0.25, -0.2) is 0 Å². The molecule has 0 aromatic heterocycles. The maximum Gasteiger partial charge on any atom is 0.253 e. The third kappa shape index (κ3) is 3.05. The summed E-state index contributed by atoms with van der Waals surface area (Å²) in [6.45, 7) is 4.57. The van der Waals surface area contributed by atoms with E-state index in [-0.39, 0.29) is 5.91 Å². The summed E-state index contributed by atoms with van der Waals surface area (Å²) in [6, 6.07) is 9.42. The van der Waals surface area contributed by atoms with Gasteiger partial charge in [-0.3, -0.25) is 15.4 Å². The smallest absolute Gasteiger partial charge is 0.253 e. The Hall–Kier alpha value is -1.39. The lowest BCUT2D eigenvalue weighted by Crippen LogP contribution is -2.49. The largest absolute Gasteiger partial charge is 0.336 e. The minimum Gasteiger partial charge on any atom is -0.336 e. The third-order valence-electron chi connectivity index (χ3n) is 3.11. The van der Waals surface area contributed by atoms with Crippen LogP contribution in [0.4, 0.5) is 0 Å². The molecule has 0 bridgehead atoms. The van der Waals surface area contributed by atoms with Crippen LogP contribution in [0.25, 0.3) is 0 Å².